The van der Waals surface area contributed by atoms with Gasteiger partial charge in [-0.05, 0) is 0 Å². The zero-order valence-corrected chi connectivity index (χ0v) is 11.2. The molecule has 7 heteroatoms. The minimum absolute atomic E-state index is 0.203. The first-order valence-electron chi connectivity index (χ1n) is 6.56. The van der Waals surface area contributed by atoms with Crippen molar-refractivity contribution in [1.82, 2.24) is 4.90 Å². The number of carbonyl (C=O) groups is 2. The van der Waals surface area contributed by atoms with Crippen LogP contribution in [0.15, 0.2) is 12.7 Å². The highest BCUT2D eigenvalue weighted by Gasteiger charge is 2.60. The van der Waals surface area contributed by atoms with Gasteiger partial charge in [0, 0.05) is 19.9 Å². The van der Waals surface area contributed by atoms with Crippen LogP contribution in [0, 0.1) is 0 Å². The molecule has 1 N–H and O–H groups in total. The number of fused-ring (bicyclic) bond motifs is 3. The molecule has 0 spiro atoms. The largest absolute Gasteiger partial charge is 0.479 e. The van der Waals surface area contributed by atoms with E-state index in [1.165, 1.54) is 11.0 Å². The van der Waals surface area contributed by atoms with Crippen LogP contribution in [0.4, 0.5) is 4.79 Å². The van der Waals surface area contributed by atoms with Crippen molar-refractivity contribution in [1.29, 1.82) is 0 Å². The average Bonchev–Trinajstić information content (AvgIpc) is 2.90. The number of aliphatic carboxylic acids is 1. The fraction of sp³-hybridized carbons (Fsp3) is 0.692. The first-order valence-corrected chi connectivity index (χ1v) is 6.56. The summed E-state index contributed by atoms with van der Waals surface area (Å²) in [5, 5.41) is 9.46. The normalized spacial score (nSPS) is 42.9. The smallest absolute Gasteiger partial charge is 0.410 e. The molecule has 0 radical (unpaired) electrons. The third-order valence-corrected chi connectivity index (χ3v) is 4.30. The van der Waals surface area contributed by atoms with Gasteiger partial charge >= 0.3 is 12.1 Å². The SMILES string of the molecule is C=CC[C@@]1(C(=O)O)C[C@H]2OC[C@H]3OC(=O)N(C)[C@H]3[C@H]2O1. The molecule has 7 nitrogen and oxygen atoms in total. The number of carbonyl (C=O) groups excluding carboxylic acids is 1. The van der Waals surface area contributed by atoms with E-state index in [0.717, 1.165) is 0 Å². The molecular weight excluding hydrogens is 266 g/mol. The van der Waals surface area contributed by atoms with E-state index in [0.29, 0.717) is 0 Å². The van der Waals surface area contributed by atoms with Crippen molar-refractivity contribution >= 4 is 12.1 Å². The maximum Gasteiger partial charge on any atom is 0.410 e. The molecule has 3 fully saturated rings. The topological polar surface area (TPSA) is 85.3 Å². The molecule has 5 atom stereocenters. The number of hydrogen-bond donors (Lipinski definition) is 1. The summed E-state index contributed by atoms with van der Waals surface area (Å²) in [5.41, 5.74) is -1.32. The molecule has 0 bridgehead atoms. The van der Waals surface area contributed by atoms with Gasteiger partial charge < -0.3 is 24.2 Å². The zero-order valence-electron chi connectivity index (χ0n) is 11.2. The lowest BCUT2D eigenvalue weighted by Gasteiger charge is -2.35. The summed E-state index contributed by atoms with van der Waals surface area (Å²) in [7, 11) is 1.63. The number of nitrogens with zero attached hydrogens (tertiary/aromatic N) is 1. The van der Waals surface area contributed by atoms with Crippen LogP contribution < -0.4 is 0 Å². The Morgan fingerprint density at radius 3 is 3.00 bits per heavy atom. The first kappa shape index (κ1) is 13.4. The van der Waals surface area contributed by atoms with Gasteiger partial charge in [-0.25, -0.2) is 9.59 Å². The van der Waals surface area contributed by atoms with Crippen LogP contribution in [0.3, 0.4) is 0 Å². The summed E-state index contributed by atoms with van der Waals surface area (Å²) in [6.07, 6.45) is 0.332. The quantitative estimate of drug-likeness (QED) is 0.754. The second-order valence-electron chi connectivity index (χ2n) is 5.47. The van der Waals surface area contributed by atoms with Gasteiger partial charge in [0.15, 0.2) is 5.60 Å². The van der Waals surface area contributed by atoms with Gasteiger partial charge in [-0.2, -0.15) is 0 Å². The molecule has 0 aliphatic carbocycles. The lowest BCUT2D eigenvalue weighted by Crippen LogP contribution is -2.54. The molecule has 3 rings (SSSR count). The Morgan fingerprint density at radius 2 is 2.35 bits per heavy atom. The van der Waals surface area contributed by atoms with Crippen LogP contribution in [-0.2, 0) is 19.0 Å². The molecule has 20 heavy (non-hydrogen) atoms. The monoisotopic (exact) mass is 283 g/mol. The summed E-state index contributed by atoms with van der Waals surface area (Å²) in [6.45, 7) is 3.86. The molecule has 110 valence electrons. The molecule has 0 aromatic rings. The van der Waals surface area contributed by atoms with Crippen LogP contribution in [0.25, 0.3) is 0 Å². The Kier molecular flexibility index (Phi) is 2.98. The van der Waals surface area contributed by atoms with Crippen LogP contribution in [0.1, 0.15) is 12.8 Å². The second kappa shape index (κ2) is 4.46. The van der Waals surface area contributed by atoms with Gasteiger partial charge in [-0.1, -0.05) is 6.08 Å². The van der Waals surface area contributed by atoms with Crippen molar-refractivity contribution in [2.24, 2.45) is 0 Å². The summed E-state index contributed by atoms with van der Waals surface area (Å²) in [5.74, 6) is -1.03. The van der Waals surface area contributed by atoms with E-state index in [4.69, 9.17) is 14.2 Å². The van der Waals surface area contributed by atoms with Crippen molar-refractivity contribution in [2.45, 2.75) is 42.8 Å². The van der Waals surface area contributed by atoms with Gasteiger partial charge in [0.05, 0.1) is 12.7 Å². The Bertz CT molecular complexity index is 466. The van der Waals surface area contributed by atoms with Crippen molar-refractivity contribution in [3.05, 3.63) is 12.7 Å². The number of carboxylic acid groups (broad SMARTS) is 1. The summed E-state index contributed by atoms with van der Waals surface area (Å²) in [4.78, 5) is 24.6. The molecule has 0 unspecified atom stereocenters. The maximum absolute atomic E-state index is 11.6. The van der Waals surface area contributed by atoms with E-state index >= 15 is 0 Å². The van der Waals surface area contributed by atoms with Crippen LogP contribution >= 0.6 is 0 Å². The number of hydrogen-bond acceptors (Lipinski definition) is 5. The lowest BCUT2D eigenvalue weighted by molar-refractivity contribution is -0.171. The third kappa shape index (κ3) is 1.73. The standard InChI is InChI=1S/C13H17NO6/c1-3-4-13(11(15)16)5-7-10(20-13)9-8(6-18-7)19-12(17)14(9)2/h3,7-10H,1,4-6H2,2H3,(H,15,16)/t7-,8-,9-,10+,13+/m1/s1. The lowest BCUT2D eigenvalue weighted by atomic mass is 9.91. The van der Waals surface area contributed by atoms with Crippen LogP contribution in [-0.4, -0.2) is 65.7 Å². The molecule has 1 amide bonds. The van der Waals surface area contributed by atoms with Crippen LogP contribution in [0.5, 0.6) is 0 Å². The van der Waals surface area contributed by atoms with E-state index in [1.807, 2.05) is 0 Å². The molecule has 0 aromatic carbocycles. The van der Waals surface area contributed by atoms with Crippen molar-refractivity contribution < 1.29 is 28.9 Å². The Labute approximate surface area is 116 Å². The average molecular weight is 283 g/mol. The van der Waals surface area contributed by atoms with Crippen molar-refractivity contribution in [2.75, 3.05) is 13.7 Å². The zero-order chi connectivity index (χ0) is 14.5. The highest BCUT2D eigenvalue weighted by Crippen LogP contribution is 2.43. The third-order valence-electron chi connectivity index (χ3n) is 4.30. The van der Waals surface area contributed by atoms with Crippen LogP contribution in [0.2, 0.25) is 0 Å². The summed E-state index contributed by atoms with van der Waals surface area (Å²) in [6, 6.07) is -0.299. The number of amides is 1. The minimum atomic E-state index is -1.32. The van der Waals surface area contributed by atoms with E-state index in [1.54, 1.807) is 7.05 Å². The molecular formula is C13H17NO6. The summed E-state index contributed by atoms with van der Waals surface area (Å²) >= 11 is 0. The number of carboxylic acids is 1. The number of rotatable bonds is 3. The highest BCUT2D eigenvalue weighted by molar-refractivity contribution is 5.78. The van der Waals surface area contributed by atoms with Crippen molar-refractivity contribution in [3.63, 3.8) is 0 Å². The predicted octanol–water partition coefficient (Wildman–Crippen LogP) is 0.393. The highest BCUT2D eigenvalue weighted by atomic mass is 16.6. The van der Waals surface area contributed by atoms with Crippen molar-refractivity contribution in [3.8, 4) is 0 Å². The van der Waals surface area contributed by atoms with Gasteiger partial charge in [0.2, 0.25) is 0 Å². The Hall–Kier alpha value is -1.60. The molecule has 3 saturated heterocycles. The molecule has 0 aromatic heterocycles. The predicted molar refractivity (Wildman–Crippen MR) is 66.2 cm³/mol. The second-order valence-corrected chi connectivity index (χ2v) is 5.47. The van der Waals surface area contributed by atoms with Gasteiger partial charge in [0.1, 0.15) is 18.2 Å². The first-order chi connectivity index (χ1) is 9.48. The molecule has 3 aliphatic heterocycles. The number of ether oxygens (including phenoxy) is 3. The van der Waals surface area contributed by atoms with Gasteiger partial charge in [0.25, 0.3) is 0 Å². The Morgan fingerprint density at radius 1 is 1.60 bits per heavy atom. The van der Waals surface area contributed by atoms with E-state index in [9.17, 15) is 14.7 Å². The fourth-order valence-electron chi connectivity index (χ4n) is 3.30. The molecule has 0 saturated carbocycles. The number of likely N-dealkylation sites (N-methyl/N-ethyl adjacent to an activating group) is 1. The van der Waals surface area contributed by atoms with E-state index < -0.39 is 29.9 Å². The maximum atomic E-state index is 11.6. The summed E-state index contributed by atoms with van der Waals surface area (Å²) < 4.78 is 16.6. The molecule has 3 aliphatic rings. The Balaban J connectivity index is 1.88. The van der Waals surface area contributed by atoms with Gasteiger partial charge in [-0.15, -0.1) is 6.58 Å². The minimum Gasteiger partial charge on any atom is -0.479 e. The van der Waals surface area contributed by atoms with E-state index in [2.05, 4.69) is 6.58 Å². The van der Waals surface area contributed by atoms with E-state index in [-0.39, 0.29) is 31.6 Å². The van der Waals surface area contributed by atoms with Gasteiger partial charge in [-0.3, -0.25) is 0 Å². The fourth-order valence-corrected chi connectivity index (χ4v) is 3.30. The molecule has 3 heterocycles.